The molecule has 2 amide bonds. The van der Waals surface area contributed by atoms with Gasteiger partial charge in [-0.15, -0.1) is 0 Å². The van der Waals surface area contributed by atoms with Crippen LogP contribution in [0.5, 0.6) is 0 Å². The van der Waals surface area contributed by atoms with Crippen molar-refractivity contribution in [1.29, 1.82) is 0 Å². The Bertz CT molecular complexity index is 742. The number of carbonyl (C=O) groups is 2. The highest BCUT2D eigenvalue weighted by atomic mass is 16.2. The molecule has 0 spiro atoms. The summed E-state index contributed by atoms with van der Waals surface area (Å²) in [5.74, 6) is -0.351. The highest BCUT2D eigenvalue weighted by molar-refractivity contribution is 6.00. The van der Waals surface area contributed by atoms with Crippen molar-refractivity contribution in [2.24, 2.45) is 5.92 Å². The molecule has 2 aromatic carbocycles. The zero-order valence-electron chi connectivity index (χ0n) is 14.0. The Balaban J connectivity index is 1.67. The van der Waals surface area contributed by atoms with Crippen molar-refractivity contribution in [2.75, 3.05) is 11.4 Å². The summed E-state index contributed by atoms with van der Waals surface area (Å²) in [6, 6.07) is 17.6. The summed E-state index contributed by atoms with van der Waals surface area (Å²) in [5, 5.41) is 3.03. The number of anilines is 1. The summed E-state index contributed by atoms with van der Waals surface area (Å²) >= 11 is 0. The molecule has 1 heterocycles. The SMILES string of the molecule is Cc1ccccc1N1C[C@H](C(=O)N[C@H](C)c2ccccc2)CC1=O. The molecule has 0 radical (unpaired) electrons. The highest BCUT2D eigenvalue weighted by Gasteiger charge is 2.35. The summed E-state index contributed by atoms with van der Waals surface area (Å²) in [4.78, 5) is 26.6. The van der Waals surface area contributed by atoms with Crippen LogP contribution in [-0.4, -0.2) is 18.4 Å². The molecule has 1 fully saturated rings. The molecule has 0 aliphatic carbocycles. The van der Waals surface area contributed by atoms with Gasteiger partial charge in [-0.3, -0.25) is 9.59 Å². The van der Waals surface area contributed by atoms with Crippen LogP contribution in [0.2, 0.25) is 0 Å². The van der Waals surface area contributed by atoms with E-state index in [1.54, 1.807) is 4.90 Å². The average Bonchev–Trinajstić information content (AvgIpc) is 2.98. The molecule has 0 saturated carbocycles. The van der Waals surface area contributed by atoms with Crippen LogP contribution < -0.4 is 10.2 Å². The first kappa shape index (κ1) is 16.2. The van der Waals surface area contributed by atoms with Crippen LogP contribution >= 0.6 is 0 Å². The number of nitrogens with one attached hydrogen (secondary N) is 1. The number of benzene rings is 2. The lowest BCUT2D eigenvalue weighted by Gasteiger charge is -2.20. The first-order valence-corrected chi connectivity index (χ1v) is 8.27. The Labute approximate surface area is 142 Å². The number of nitrogens with zero attached hydrogens (tertiary/aromatic N) is 1. The van der Waals surface area contributed by atoms with E-state index in [1.165, 1.54) is 0 Å². The van der Waals surface area contributed by atoms with Crippen molar-refractivity contribution in [3.05, 3.63) is 65.7 Å². The Morgan fingerprint density at radius 1 is 1.12 bits per heavy atom. The van der Waals surface area contributed by atoms with Gasteiger partial charge < -0.3 is 10.2 Å². The van der Waals surface area contributed by atoms with E-state index in [1.807, 2.05) is 68.4 Å². The van der Waals surface area contributed by atoms with Crippen LogP contribution in [0.1, 0.15) is 30.5 Å². The Morgan fingerprint density at radius 3 is 2.50 bits per heavy atom. The highest BCUT2D eigenvalue weighted by Crippen LogP contribution is 2.28. The van der Waals surface area contributed by atoms with Gasteiger partial charge in [0.05, 0.1) is 12.0 Å². The fourth-order valence-electron chi connectivity index (χ4n) is 3.14. The molecule has 2 atom stereocenters. The average molecular weight is 322 g/mol. The molecule has 3 rings (SSSR count). The standard InChI is InChI=1S/C20H22N2O2/c1-14-8-6-7-11-18(14)22-13-17(12-19(22)23)20(24)21-15(2)16-9-4-3-5-10-16/h3-11,15,17H,12-13H2,1-2H3,(H,21,24)/t15-,17-/m1/s1. The van der Waals surface area contributed by atoms with Crippen LogP contribution in [-0.2, 0) is 9.59 Å². The smallest absolute Gasteiger partial charge is 0.227 e. The van der Waals surface area contributed by atoms with Gasteiger partial charge in [-0.1, -0.05) is 48.5 Å². The Hall–Kier alpha value is -2.62. The van der Waals surface area contributed by atoms with Crippen molar-refractivity contribution in [3.63, 3.8) is 0 Å². The van der Waals surface area contributed by atoms with Gasteiger partial charge in [0.25, 0.3) is 0 Å². The van der Waals surface area contributed by atoms with Gasteiger partial charge in [-0.25, -0.2) is 0 Å². The Kier molecular flexibility index (Phi) is 4.65. The number of para-hydroxylation sites is 1. The fourth-order valence-corrected chi connectivity index (χ4v) is 3.14. The summed E-state index contributed by atoms with van der Waals surface area (Å²) in [5.41, 5.74) is 3.00. The molecular weight excluding hydrogens is 300 g/mol. The largest absolute Gasteiger partial charge is 0.349 e. The van der Waals surface area contributed by atoms with E-state index in [-0.39, 0.29) is 30.2 Å². The molecule has 4 heteroatoms. The lowest BCUT2D eigenvalue weighted by Crippen LogP contribution is -2.34. The van der Waals surface area contributed by atoms with Crippen LogP contribution in [0.4, 0.5) is 5.69 Å². The first-order chi connectivity index (χ1) is 11.6. The van der Waals surface area contributed by atoms with Crippen LogP contribution in [0.3, 0.4) is 0 Å². The summed E-state index contributed by atoms with van der Waals surface area (Å²) < 4.78 is 0. The van der Waals surface area contributed by atoms with E-state index >= 15 is 0 Å². The predicted molar refractivity (Wildman–Crippen MR) is 94.6 cm³/mol. The maximum Gasteiger partial charge on any atom is 0.227 e. The number of hydrogen-bond acceptors (Lipinski definition) is 2. The van der Waals surface area contributed by atoms with E-state index in [2.05, 4.69) is 5.32 Å². The molecule has 0 unspecified atom stereocenters. The number of hydrogen-bond donors (Lipinski definition) is 1. The van der Waals surface area contributed by atoms with Gasteiger partial charge in [0.2, 0.25) is 11.8 Å². The molecular formula is C20H22N2O2. The van der Waals surface area contributed by atoms with Gasteiger partial charge in [0.15, 0.2) is 0 Å². The number of carbonyl (C=O) groups excluding carboxylic acids is 2. The summed E-state index contributed by atoms with van der Waals surface area (Å²) in [6.45, 7) is 4.38. The number of amides is 2. The normalized spacial score (nSPS) is 18.5. The maximum atomic E-state index is 12.5. The molecule has 2 aromatic rings. The molecule has 0 aromatic heterocycles. The van der Waals surface area contributed by atoms with Gasteiger partial charge >= 0.3 is 0 Å². The van der Waals surface area contributed by atoms with E-state index in [0.29, 0.717) is 6.54 Å². The van der Waals surface area contributed by atoms with E-state index in [0.717, 1.165) is 16.8 Å². The Morgan fingerprint density at radius 2 is 1.79 bits per heavy atom. The van der Waals surface area contributed by atoms with Crippen molar-refractivity contribution >= 4 is 17.5 Å². The van der Waals surface area contributed by atoms with Crippen LogP contribution in [0.25, 0.3) is 0 Å². The predicted octanol–water partition coefficient (Wildman–Crippen LogP) is 3.23. The zero-order valence-corrected chi connectivity index (χ0v) is 14.0. The topological polar surface area (TPSA) is 49.4 Å². The minimum atomic E-state index is -0.303. The summed E-state index contributed by atoms with van der Waals surface area (Å²) in [7, 11) is 0. The van der Waals surface area contributed by atoms with Crippen molar-refractivity contribution in [3.8, 4) is 0 Å². The number of rotatable bonds is 4. The van der Waals surface area contributed by atoms with E-state index < -0.39 is 0 Å². The second-order valence-electron chi connectivity index (χ2n) is 6.33. The molecule has 0 bridgehead atoms. The van der Waals surface area contributed by atoms with Gasteiger partial charge in [0, 0.05) is 18.7 Å². The summed E-state index contributed by atoms with van der Waals surface area (Å²) in [6.07, 6.45) is 0.266. The van der Waals surface area contributed by atoms with Gasteiger partial charge in [-0.2, -0.15) is 0 Å². The van der Waals surface area contributed by atoms with E-state index in [4.69, 9.17) is 0 Å². The fraction of sp³-hybridized carbons (Fsp3) is 0.300. The van der Waals surface area contributed by atoms with Crippen LogP contribution in [0, 0.1) is 12.8 Å². The molecule has 1 aliphatic heterocycles. The van der Waals surface area contributed by atoms with Gasteiger partial charge in [0.1, 0.15) is 0 Å². The zero-order chi connectivity index (χ0) is 17.1. The minimum absolute atomic E-state index is 0.0109. The van der Waals surface area contributed by atoms with Gasteiger partial charge in [-0.05, 0) is 31.0 Å². The lowest BCUT2D eigenvalue weighted by atomic mass is 10.1. The third-order valence-corrected chi connectivity index (χ3v) is 4.56. The second kappa shape index (κ2) is 6.87. The number of aryl methyl sites for hydroxylation is 1. The van der Waals surface area contributed by atoms with Crippen molar-refractivity contribution in [1.82, 2.24) is 5.32 Å². The maximum absolute atomic E-state index is 12.5. The van der Waals surface area contributed by atoms with Crippen molar-refractivity contribution < 1.29 is 9.59 Å². The first-order valence-electron chi connectivity index (χ1n) is 8.27. The van der Waals surface area contributed by atoms with Crippen LogP contribution in [0.15, 0.2) is 54.6 Å². The minimum Gasteiger partial charge on any atom is -0.349 e. The quantitative estimate of drug-likeness (QED) is 0.939. The van der Waals surface area contributed by atoms with E-state index in [9.17, 15) is 9.59 Å². The monoisotopic (exact) mass is 322 g/mol. The third-order valence-electron chi connectivity index (χ3n) is 4.56. The third kappa shape index (κ3) is 3.32. The lowest BCUT2D eigenvalue weighted by molar-refractivity contribution is -0.126. The second-order valence-corrected chi connectivity index (χ2v) is 6.33. The molecule has 1 saturated heterocycles. The molecule has 1 aliphatic rings. The molecule has 4 nitrogen and oxygen atoms in total. The molecule has 124 valence electrons. The molecule has 1 N–H and O–H groups in total. The molecule has 24 heavy (non-hydrogen) atoms. The van der Waals surface area contributed by atoms with Crippen molar-refractivity contribution in [2.45, 2.75) is 26.3 Å².